The molecule has 3 N–H and O–H groups in total. The molecule has 0 spiro atoms. The van der Waals surface area contributed by atoms with Gasteiger partial charge in [-0.2, -0.15) is 5.10 Å². The number of halogens is 1. The zero-order valence-corrected chi connectivity index (χ0v) is 14.8. The summed E-state index contributed by atoms with van der Waals surface area (Å²) in [6.45, 7) is 1.02. The third-order valence-electron chi connectivity index (χ3n) is 4.48. The number of aliphatic hydroxyl groups is 1. The summed E-state index contributed by atoms with van der Waals surface area (Å²) in [5, 5.41) is 20.0. The first-order chi connectivity index (χ1) is 12.2. The largest absolute Gasteiger partial charge is 0.396 e. The lowest BCUT2D eigenvalue weighted by Crippen LogP contribution is -2.46. The van der Waals surface area contributed by atoms with Gasteiger partial charge in [0.15, 0.2) is 0 Å². The Morgan fingerprint density at radius 3 is 3.16 bits per heavy atom. The number of hydrogen-bond acceptors (Lipinski definition) is 3. The van der Waals surface area contributed by atoms with E-state index in [4.69, 9.17) is 16.7 Å². The number of benzene rings is 1. The second kappa shape index (κ2) is 8.36. The smallest absolute Gasteiger partial charge is 0.317 e. The van der Waals surface area contributed by atoms with E-state index in [0.717, 1.165) is 24.8 Å². The molecule has 1 atom stereocenters. The number of aromatic nitrogens is 2. The van der Waals surface area contributed by atoms with Crippen LogP contribution in [0, 0.1) is 0 Å². The van der Waals surface area contributed by atoms with E-state index >= 15 is 0 Å². The molecule has 1 aromatic carbocycles. The molecule has 1 aromatic heterocycles. The van der Waals surface area contributed by atoms with Gasteiger partial charge in [0.1, 0.15) is 0 Å². The molecule has 0 bridgehead atoms. The topological polar surface area (TPSA) is 81.2 Å². The van der Waals surface area contributed by atoms with Crippen LogP contribution in [0.5, 0.6) is 0 Å². The molecule has 1 heterocycles. The molecular weight excluding hydrogens is 340 g/mol. The van der Waals surface area contributed by atoms with E-state index in [-0.39, 0.29) is 18.7 Å². The van der Waals surface area contributed by atoms with Crippen LogP contribution < -0.4 is 5.32 Å². The van der Waals surface area contributed by atoms with Crippen molar-refractivity contribution in [3.8, 4) is 0 Å². The number of carbonyl (C=O) groups excluding carboxylic acids is 1. The molecule has 1 aliphatic carbocycles. The summed E-state index contributed by atoms with van der Waals surface area (Å²) in [6, 6.07) is 7.50. The fraction of sp³-hybridized carbons (Fsp3) is 0.444. The maximum absolute atomic E-state index is 12.7. The Bertz CT molecular complexity index is 719. The number of amides is 2. The summed E-state index contributed by atoms with van der Waals surface area (Å²) in [5.74, 6) is 0. The van der Waals surface area contributed by atoms with Crippen LogP contribution in [0.25, 0.3) is 0 Å². The highest BCUT2D eigenvalue weighted by atomic mass is 35.5. The van der Waals surface area contributed by atoms with Gasteiger partial charge in [0.25, 0.3) is 0 Å². The van der Waals surface area contributed by atoms with Crippen LogP contribution in [-0.2, 0) is 19.4 Å². The number of urea groups is 1. The van der Waals surface area contributed by atoms with Gasteiger partial charge in [0.2, 0.25) is 0 Å². The molecule has 0 fully saturated rings. The summed E-state index contributed by atoms with van der Waals surface area (Å²) >= 11 is 6.04. The first-order valence-corrected chi connectivity index (χ1v) is 8.95. The highest BCUT2D eigenvalue weighted by molar-refractivity contribution is 6.30. The second-order valence-electron chi connectivity index (χ2n) is 6.39. The maximum atomic E-state index is 12.7. The van der Waals surface area contributed by atoms with Crippen LogP contribution in [-0.4, -0.2) is 45.4 Å². The summed E-state index contributed by atoms with van der Waals surface area (Å²) < 4.78 is 0. The Kier molecular flexibility index (Phi) is 5.94. The monoisotopic (exact) mass is 362 g/mol. The highest BCUT2D eigenvalue weighted by Gasteiger charge is 2.23. The molecule has 0 radical (unpaired) electrons. The standard InChI is InChI=1S/C18H23ClN4O2/c19-15-4-1-3-13(9-15)12-23(7-2-8-24)18(25)21-16-5-6-17-14(10-16)11-20-22-17/h1,3-4,9,11,16,24H,2,5-8,10,12H2,(H,20,22)(H,21,25). The van der Waals surface area contributed by atoms with E-state index in [2.05, 4.69) is 15.5 Å². The van der Waals surface area contributed by atoms with Crippen molar-refractivity contribution in [2.75, 3.05) is 13.2 Å². The molecular formula is C18H23ClN4O2. The minimum absolute atomic E-state index is 0.0567. The van der Waals surface area contributed by atoms with E-state index < -0.39 is 0 Å². The van der Waals surface area contributed by atoms with Crippen molar-refractivity contribution in [1.29, 1.82) is 0 Å². The molecule has 0 saturated carbocycles. The van der Waals surface area contributed by atoms with Crippen molar-refractivity contribution in [2.45, 2.75) is 38.3 Å². The van der Waals surface area contributed by atoms with Crippen molar-refractivity contribution >= 4 is 17.6 Å². The fourth-order valence-electron chi connectivity index (χ4n) is 3.18. The highest BCUT2D eigenvalue weighted by Crippen LogP contribution is 2.19. The van der Waals surface area contributed by atoms with Gasteiger partial charge in [0, 0.05) is 36.5 Å². The number of carbonyl (C=O) groups is 1. The Balaban J connectivity index is 1.63. The molecule has 1 aliphatic rings. The summed E-state index contributed by atoms with van der Waals surface area (Å²) in [7, 11) is 0. The predicted molar refractivity (Wildman–Crippen MR) is 96.5 cm³/mol. The fourth-order valence-corrected chi connectivity index (χ4v) is 3.39. The van der Waals surface area contributed by atoms with Gasteiger partial charge in [-0.05, 0) is 48.9 Å². The van der Waals surface area contributed by atoms with Crippen molar-refractivity contribution in [3.05, 3.63) is 52.3 Å². The lowest BCUT2D eigenvalue weighted by Gasteiger charge is -2.28. The zero-order chi connectivity index (χ0) is 17.6. The van der Waals surface area contributed by atoms with Crippen LogP contribution in [0.1, 0.15) is 29.7 Å². The van der Waals surface area contributed by atoms with Crippen molar-refractivity contribution in [2.24, 2.45) is 0 Å². The summed E-state index contributed by atoms with van der Waals surface area (Å²) in [6.07, 6.45) is 4.97. The van der Waals surface area contributed by atoms with Gasteiger partial charge in [-0.3, -0.25) is 5.10 Å². The van der Waals surface area contributed by atoms with Gasteiger partial charge in [-0.1, -0.05) is 23.7 Å². The minimum atomic E-state index is -0.106. The Labute approximate surface area is 152 Å². The molecule has 6 nitrogen and oxygen atoms in total. The summed E-state index contributed by atoms with van der Waals surface area (Å²) in [4.78, 5) is 14.5. The number of hydrogen-bond donors (Lipinski definition) is 3. The van der Waals surface area contributed by atoms with E-state index in [1.807, 2.05) is 30.5 Å². The molecule has 134 valence electrons. The van der Waals surface area contributed by atoms with Crippen LogP contribution in [0.15, 0.2) is 30.5 Å². The molecule has 2 amide bonds. The molecule has 7 heteroatoms. The van der Waals surface area contributed by atoms with E-state index in [0.29, 0.717) is 24.5 Å². The lowest BCUT2D eigenvalue weighted by molar-refractivity contribution is 0.181. The number of fused-ring (bicyclic) bond motifs is 1. The SMILES string of the molecule is O=C(NC1CCc2[nH]ncc2C1)N(CCCO)Cc1cccc(Cl)c1. The average molecular weight is 363 g/mol. The zero-order valence-electron chi connectivity index (χ0n) is 14.0. The number of aryl methyl sites for hydroxylation is 1. The van der Waals surface area contributed by atoms with Crippen molar-refractivity contribution < 1.29 is 9.90 Å². The third kappa shape index (κ3) is 4.74. The first kappa shape index (κ1) is 17.8. The maximum Gasteiger partial charge on any atom is 0.317 e. The average Bonchev–Trinajstić information content (AvgIpc) is 3.06. The van der Waals surface area contributed by atoms with Gasteiger partial charge >= 0.3 is 6.03 Å². The lowest BCUT2D eigenvalue weighted by atomic mass is 9.94. The molecule has 0 saturated heterocycles. The Morgan fingerprint density at radius 2 is 2.36 bits per heavy atom. The number of nitrogens with one attached hydrogen (secondary N) is 2. The molecule has 0 aliphatic heterocycles. The Hall–Kier alpha value is -2.05. The van der Waals surface area contributed by atoms with E-state index in [1.165, 1.54) is 11.3 Å². The van der Waals surface area contributed by atoms with Crippen LogP contribution >= 0.6 is 11.6 Å². The van der Waals surface area contributed by atoms with Crippen LogP contribution in [0.2, 0.25) is 5.02 Å². The summed E-state index contributed by atoms with van der Waals surface area (Å²) in [5.41, 5.74) is 3.32. The molecule has 2 aromatic rings. The quantitative estimate of drug-likeness (QED) is 0.738. The van der Waals surface area contributed by atoms with Crippen molar-refractivity contribution in [1.82, 2.24) is 20.4 Å². The molecule has 25 heavy (non-hydrogen) atoms. The Morgan fingerprint density at radius 1 is 1.48 bits per heavy atom. The van der Waals surface area contributed by atoms with Gasteiger partial charge in [-0.25, -0.2) is 4.79 Å². The van der Waals surface area contributed by atoms with Crippen LogP contribution in [0.4, 0.5) is 4.79 Å². The van der Waals surface area contributed by atoms with Gasteiger partial charge < -0.3 is 15.3 Å². The number of nitrogens with zero attached hydrogens (tertiary/aromatic N) is 2. The number of aliphatic hydroxyl groups excluding tert-OH is 1. The first-order valence-electron chi connectivity index (χ1n) is 8.57. The minimum Gasteiger partial charge on any atom is -0.396 e. The molecule has 1 unspecified atom stereocenters. The van der Waals surface area contributed by atoms with Crippen LogP contribution in [0.3, 0.4) is 0 Å². The van der Waals surface area contributed by atoms with Gasteiger partial charge in [-0.15, -0.1) is 0 Å². The van der Waals surface area contributed by atoms with E-state index in [9.17, 15) is 4.79 Å². The van der Waals surface area contributed by atoms with Crippen molar-refractivity contribution in [3.63, 3.8) is 0 Å². The normalized spacial score (nSPS) is 16.3. The third-order valence-corrected chi connectivity index (χ3v) is 4.72. The van der Waals surface area contributed by atoms with E-state index in [1.54, 1.807) is 4.90 Å². The number of H-pyrrole nitrogens is 1. The number of rotatable bonds is 6. The predicted octanol–water partition coefficient (Wildman–Crippen LogP) is 2.51. The second-order valence-corrected chi connectivity index (χ2v) is 6.83. The molecule has 3 rings (SSSR count). The number of aromatic amines is 1. The van der Waals surface area contributed by atoms with Gasteiger partial charge in [0.05, 0.1) is 6.20 Å².